The molecule has 280 valence electrons. The van der Waals surface area contributed by atoms with Crippen LogP contribution in [0, 0.1) is 5.82 Å². The highest BCUT2D eigenvalue weighted by Gasteiger charge is 2.46. The van der Waals surface area contributed by atoms with Crippen molar-refractivity contribution in [3.8, 4) is 0 Å². The molecule has 5 aromatic rings. The van der Waals surface area contributed by atoms with Crippen LogP contribution in [-0.2, 0) is 16.1 Å². The summed E-state index contributed by atoms with van der Waals surface area (Å²) in [5.74, 6) is -2.27. The molecule has 3 fully saturated rings. The lowest BCUT2D eigenvalue weighted by atomic mass is 10.0. The molecule has 4 aliphatic rings. The maximum atomic E-state index is 15.3. The largest absolute Gasteiger partial charge is 0.369 e. The predicted octanol–water partition coefficient (Wildman–Crippen LogP) is 5.29. The number of benzene rings is 3. The number of carbonyl (C=O) groups excluding carboxylic acids is 4. The average molecular weight is 743 g/mol. The number of aromatic nitrogens is 4. The third-order valence-corrected chi connectivity index (χ3v) is 11.0. The first-order valence-electron chi connectivity index (χ1n) is 18.7. The van der Waals surface area contributed by atoms with E-state index in [0.717, 1.165) is 65.0 Å². The Balaban J connectivity index is 0.836. The fraction of sp³-hybridized carbons (Fsp3) is 0.325. The average Bonchev–Trinajstić information content (AvgIpc) is 3.90. The number of rotatable bonds is 9. The van der Waals surface area contributed by atoms with Gasteiger partial charge in [-0.15, -0.1) is 0 Å². The zero-order valence-electron chi connectivity index (χ0n) is 30.0. The number of hydrogen-bond donors (Lipinski definition) is 3. The van der Waals surface area contributed by atoms with Gasteiger partial charge in [0.05, 0.1) is 17.3 Å². The summed E-state index contributed by atoms with van der Waals surface area (Å²) >= 11 is 0. The van der Waals surface area contributed by atoms with Crippen molar-refractivity contribution in [3.05, 3.63) is 95.4 Å². The highest BCUT2D eigenvalue weighted by molar-refractivity contribution is 6.23. The van der Waals surface area contributed by atoms with Gasteiger partial charge in [0.15, 0.2) is 5.65 Å². The molecule has 1 aliphatic carbocycles. The van der Waals surface area contributed by atoms with Crippen LogP contribution in [0.2, 0.25) is 0 Å². The molecule has 55 heavy (non-hydrogen) atoms. The topological polar surface area (TPSA) is 158 Å². The second-order valence-corrected chi connectivity index (χ2v) is 14.5. The molecule has 9 rings (SSSR count). The maximum absolute atomic E-state index is 15.3. The number of amides is 4. The number of para-hydroxylation sites is 1. The van der Waals surface area contributed by atoms with Crippen LogP contribution >= 0.6 is 0 Å². The van der Waals surface area contributed by atoms with Gasteiger partial charge in [0.1, 0.15) is 17.4 Å². The Morgan fingerprint density at radius 2 is 1.56 bits per heavy atom. The highest BCUT2D eigenvalue weighted by atomic mass is 19.1. The predicted molar refractivity (Wildman–Crippen MR) is 203 cm³/mol. The fourth-order valence-electron chi connectivity index (χ4n) is 8.20. The molecule has 3 aliphatic heterocycles. The van der Waals surface area contributed by atoms with Gasteiger partial charge in [0.25, 0.3) is 11.8 Å². The first kappa shape index (κ1) is 34.5. The van der Waals surface area contributed by atoms with Crippen LogP contribution < -0.4 is 20.9 Å². The SMILES string of the molecule is O=C1CCC(N2C(=O)c3cc(CN4CCN(c5ccc(Nc6ncc7nc(Nc8ccccc8)n(C8CCCC8)c7n6)cc5)CC4)cc(F)c3C2=O)C(=O)N1. The van der Waals surface area contributed by atoms with Gasteiger partial charge in [-0.1, -0.05) is 31.0 Å². The van der Waals surface area contributed by atoms with E-state index in [1.165, 1.54) is 18.9 Å². The van der Waals surface area contributed by atoms with Crippen LogP contribution in [0.5, 0.6) is 0 Å². The second kappa shape index (κ2) is 14.2. The molecule has 0 radical (unpaired) electrons. The smallest absolute Gasteiger partial charge is 0.265 e. The number of imidazole rings is 1. The van der Waals surface area contributed by atoms with Crippen molar-refractivity contribution in [2.75, 3.05) is 41.7 Å². The van der Waals surface area contributed by atoms with Crippen molar-refractivity contribution >= 4 is 63.8 Å². The van der Waals surface area contributed by atoms with E-state index in [4.69, 9.17) is 9.97 Å². The highest BCUT2D eigenvalue weighted by Crippen LogP contribution is 2.36. The van der Waals surface area contributed by atoms with Crippen LogP contribution in [-0.4, -0.2) is 85.2 Å². The summed E-state index contributed by atoms with van der Waals surface area (Å²) in [6, 6.07) is 20.2. The number of anilines is 5. The van der Waals surface area contributed by atoms with E-state index in [-0.39, 0.29) is 24.0 Å². The first-order chi connectivity index (χ1) is 26.8. The molecule has 2 saturated heterocycles. The second-order valence-electron chi connectivity index (χ2n) is 14.5. The van der Waals surface area contributed by atoms with Gasteiger partial charge < -0.3 is 15.5 Å². The number of fused-ring (bicyclic) bond motifs is 2. The molecule has 1 atom stereocenters. The Labute approximate surface area is 315 Å². The summed E-state index contributed by atoms with van der Waals surface area (Å²) in [4.78, 5) is 70.0. The molecule has 0 spiro atoms. The van der Waals surface area contributed by atoms with Crippen molar-refractivity contribution in [2.45, 2.75) is 57.2 Å². The molecule has 14 nitrogen and oxygen atoms in total. The Morgan fingerprint density at radius 3 is 2.31 bits per heavy atom. The number of halogens is 1. The lowest BCUT2D eigenvalue weighted by Crippen LogP contribution is -2.54. The van der Waals surface area contributed by atoms with Gasteiger partial charge in [-0.05, 0) is 73.4 Å². The summed E-state index contributed by atoms with van der Waals surface area (Å²) in [6.45, 7) is 3.29. The van der Waals surface area contributed by atoms with E-state index in [1.807, 2.05) is 42.5 Å². The number of carbonyl (C=O) groups is 4. The lowest BCUT2D eigenvalue weighted by Gasteiger charge is -2.36. The first-order valence-corrected chi connectivity index (χ1v) is 18.7. The fourth-order valence-corrected chi connectivity index (χ4v) is 8.20. The van der Waals surface area contributed by atoms with Crippen molar-refractivity contribution in [1.29, 1.82) is 0 Å². The minimum Gasteiger partial charge on any atom is -0.369 e. The molecule has 15 heteroatoms. The summed E-state index contributed by atoms with van der Waals surface area (Å²) in [7, 11) is 0. The molecule has 1 unspecified atom stereocenters. The third-order valence-electron chi connectivity index (χ3n) is 11.0. The minimum atomic E-state index is -1.14. The van der Waals surface area contributed by atoms with E-state index in [1.54, 1.807) is 12.3 Å². The Hall–Kier alpha value is -6.22. The van der Waals surface area contributed by atoms with E-state index >= 15 is 4.39 Å². The summed E-state index contributed by atoms with van der Waals surface area (Å²) in [6.07, 6.45) is 6.31. The van der Waals surface area contributed by atoms with Gasteiger partial charge in [-0.2, -0.15) is 4.98 Å². The zero-order valence-corrected chi connectivity index (χ0v) is 30.0. The van der Waals surface area contributed by atoms with Crippen molar-refractivity contribution in [1.82, 2.24) is 34.6 Å². The van der Waals surface area contributed by atoms with Gasteiger partial charge in [0, 0.05) is 62.2 Å². The molecular formula is C40H39FN10O4. The lowest BCUT2D eigenvalue weighted by molar-refractivity contribution is -0.136. The molecule has 2 aromatic heterocycles. The molecule has 1 saturated carbocycles. The van der Waals surface area contributed by atoms with E-state index in [9.17, 15) is 19.2 Å². The number of hydrogen-bond acceptors (Lipinski definition) is 11. The number of nitrogens with one attached hydrogen (secondary N) is 3. The Kier molecular flexibility index (Phi) is 8.92. The van der Waals surface area contributed by atoms with Crippen molar-refractivity contribution in [3.63, 3.8) is 0 Å². The number of imide groups is 2. The van der Waals surface area contributed by atoms with Gasteiger partial charge in [-0.25, -0.2) is 14.4 Å². The molecule has 3 aromatic carbocycles. The van der Waals surface area contributed by atoms with Crippen LogP contribution in [0.1, 0.15) is 70.8 Å². The molecule has 0 bridgehead atoms. The maximum Gasteiger partial charge on any atom is 0.265 e. The number of nitrogens with zero attached hydrogens (tertiary/aromatic N) is 7. The van der Waals surface area contributed by atoms with E-state index in [0.29, 0.717) is 37.2 Å². The summed E-state index contributed by atoms with van der Waals surface area (Å²) in [5.41, 5.74) is 4.64. The normalized spacial score (nSPS) is 19.3. The number of piperazine rings is 1. The van der Waals surface area contributed by atoms with Gasteiger partial charge in [-0.3, -0.25) is 38.9 Å². The Bertz CT molecular complexity index is 2320. The standard InChI is InChI=1S/C40H39FN10O4/c41-30-21-24(20-29-34(30)38(55)51(37(29)54)32-14-15-33(52)46-36(32)53)23-48-16-18-49(19-17-48)27-12-10-26(11-13-27)43-39-42-22-31-35(47-39)50(28-8-4-5-9-28)40(45-31)44-25-6-2-1-3-7-25/h1-3,6-7,10-13,20-22,28,32H,4-5,8-9,14-19,23H2,(H,44,45)(H,42,43,47)(H,46,52,53). The van der Waals surface area contributed by atoms with E-state index in [2.05, 4.69) is 47.4 Å². The third kappa shape index (κ3) is 6.64. The Morgan fingerprint density at radius 1 is 0.818 bits per heavy atom. The molecule has 3 N–H and O–H groups in total. The van der Waals surface area contributed by atoms with Gasteiger partial charge in [0.2, 0.25) is 23.7 Å². The monoisotopic (exact) mass is 742 g/mol. The number of piperidine rings is 1. The van der Waals surface area contributed by atoms with Crippen LogP contribution in [0.25, 0.3) is 11.2 Å². The quantitative estimate of drug-likeness (QED) is 0.169. The zero-order chi connectivity index (χ0) is 37.6. The molecule has 5 heterocycles. The molecule has 4 amide bonds. The van der Waals surface area contributed by atoms with Crippen LogP contribution in [0.4, 0.5) is 33.3 Å². The summed E-state index contributed by atoms with van der Waals surface area (Å²) in [5, 5.41) is 9.02. The minimum absolute atomic E-state index is 0.000770. The van der Waals surface area contributed by atoms with Crippen molar-refractivity contribution in [2.24, 2.45) is 0 Å². The van der Waals surface area contributed by atoms with Crippen molar-refractivity contribution < 1.29 is 23.6 Å². The van der Waals surface area contributed by atoms with Gasteiger partial charge >= 0.3 is 0 Å². The summed E-state index contributed by atoms with van der Waals surface area (Å²) < 4.78 is 17.5. The van der Waals surface area contributed by atoms with Crippen LogP contribution in [0.3, 0.4) is 0 Å². The van der Waals surface area contributed by atoms with E-state index < -0.39 is 35.5 Å². The molecular weight excluding hydrogens is 704 g/mol. The van der Waals surface area contributed by atoms with Crippen LogP contribution in [0.15, 0.2) is 72.9 Å².